The van der Waals surface area contributed by atoms with Gasteiger partial charge in [-0.3, -0.25) is 9.97 Å². The molecule has 0 spiro atoms. The smallest absolute Gasteiger partial charge is 0.147 e. The molecular weight excluding hydrogens is 337 g/mol. The molecule has 4 nitrogen and oxygen atoms in total. The summed E-state index contributed by atoms with van der Waals surface area (Å²) in [6, 6.07) is 13.4. The number of nitrogens with one attached hydrogen (secondary N) is 1. The third-order valence-electron chi connectivity index (χ3n) is 3.98. The predicted octanol–water partition coefficient (Wildman–Crippen LogP) is 4.74. The molecule has 2 N–H and O–H groups in total. The summed E-state index contributed by atoms with van der Waals surface area (Å²) < 4.78 is 13.2. The molecule has 2 aromatic heterocycles. The zero-order valence-corrected chi connectivity index (χ0v) is 13.9. The number of rotatable bonds is 4. The van der Waals surface area contributed by atoms with Crippen LogP contribution in [0.15, 0.2) is 66.4 Å². The third-order valence-corrected chi connectivity index (χ3v) is 4.82. The van der Waals surface area contributed by atoms with Gasteiger partial charge in [-0.05, 0) is 30.3 Å². The van der Waals surface area contributed by atoms with Gasteiger partial charge in [0.1, 0.15) is 17.1 Å². The number of benzene rings is 2. The molecule has 0 aliphatic rings. The first-order chi connectivity index (χ1) is 12.2. The lowest BCUT2D eigenvalue weighted by Gasteiger charge is -2.20. The molecule has 0 bridgehead atoms. The Morgan fingerprint density at radius 1 is 1.08 bits per heavy atom. The molecule has 0 aliphatic carbocycles. The topological polar surface area (TPSA) is 58.0 Å². The number of thiazole rings is 1. The van der Waals surface area contributed by atoms with Gasteiger partial charge in [0.2, 0.25) is 0 Å². The fourth-order valence-electron chi connectivity index (χ4n) is 2.76. The lowest BCUT2D eigenvalue weighted by atomic mass is 10.0. The van der Waals surface area contributed by atoms with Gasteiger partial charge in [0.25, 0.3) is 0 Å². The second-order valence-corrected chi connectivity index (χ2v) is 6.48. The molecule has 0 fully saturated rings. The molecule has 0 saturated carbocycles. The fraction of sp³-hybridized carbons (Fsp3) is 0.0526. The van der Waals surface area contributed by atoms with Gasteiger partial charge in [-0.15, -0.1) is 11.3 Å². The molecule has 25 heavy (non-hydrogen) atoms. The molecule has 4 aromatic rings. The minimum atomic E-state index is -0.315. The molecule has 6 heteroatoms. The van der Waals surface area contributed by atoms with Crippen molar-refractivity contribution in [1.29, 1.82) is 0 Å². The summed E-state index contributed by atoms with van der Waals surface area (Å²) in [5, 5.41) is 15.0. The maximum atomic E-state index is 13.2. The first kappa shape index (κ1) is 15.5. The van der Waals surface area contributed by atoms with Gasteiger partial charge >= 0.3 is 0 Å². The van der Waals surface area contributed by atoms with E-state index >= 15 is 0 Å². The number of aromatic nitrogens is 2. The number of fused-ring (bicyclic) bond motifs is 1. The van der Waals surface area contributed by atoms with Gasteiger partial charge in [-0.1, -0.05) is 18.2 Å². The molecule has 2 aromatic carbocycles. The Morgan fingerprint density at radius 2 is 1.92 bits per heavy atom. The summed E-state index contributed by atoms with van der Waals surface area (Å²) in [6.45, 7) is 0. The monoisotopic (exact) mass is 351 g/mol. The van der Waals surface area contributed by atoms with Gasteiger partial charge in [0, 0.05) is 29.0 Å². The standard InChI is InChI=1S/C19H14FN3OS/c20-13-4-6-14(7-5-13)23-18(16-10-21-11-25-16)15-8-3-12-2-1-9-22-17(12)19(15)24/h1-11,18,23-24H. The molecule has 0 aliphatic heterocycles. The number of hydrogen-bond acceptors (Lipinski definition) is 5. The van der Waals surface area contributed by atoms with Crippen LogP contribution in [0, 0.1) is 5.82 Å². The average molecular weight is 351 g/mol. The van der Waals surface area contributed by atoms with Gasteiger partial charge in [-0.2, -0.15) is 0 Å². The first-order valence-electron chi connectivity index (χ1n) is 7.69. The highest BCUT2D eigenvalue weighted by molar-refractivity contribution is 7.09. The van der Waals surface area contributed by atoms with Crippen LogP contribution < -0.4 is 5.32 Å². The highest BCUT2D eigenvalue weighted by Gasteiger charge is 2.21. The van der Waals surface area contributed by atoms with Gasteiger partial charge in [0.05, 0.1) is 16.4 Å². The van der Waals surface area contributed by atoms with Crippen molar-refractivity contribution >= 4 is 27.9 Å². The van der Waals surface area contributed by atoms with Crippen LogP contribution in [0.4, 0.5) is 10.1 Å². The highest BCUT2D eigenvalue weighted by atomic mass is 32.1. The SMILES string of the molecule is Oc1c(C(Nc2ccc(F)cc2)c2cncs2)ccc2cccnc12. The van der Waals surface area contributed by atoms with E-state index in [1.165, 1.54) is 23.5 Å². The van der Waals surface area contributed by atoms with E-state index in [1.807, 2.05) is 24.3 Å². The largest absolute Gasteiger partial charge is 0.505 e. The van der Waals surface area contributed by atoms with Crippen LogP contribution in [-0.2, 0) is 0 Å². The first-order valence-corrected chi connectivity index (χ1v) is 8.57. The van der Waals surface area contributed by atoms with Crippen LogP contribution >= 0.6 is 11.3 Å². The molecule has 1 unspecified atom stereocenters. The number of aromatic hydroxyl groups is 1. The summed E-state index contributed by atoms with van der Waals surface area (Å²) in [4.78, 5) is 9.36. The Bertz CT molecular complexity index is 1000. The average Bonchev–Trinajstić information content (AvgIpc) is 3.17. The summed E-state index contributed by atoms with van der Waals surface area (Å²) in [5.41, 5.74) is 3.74. The summed E-state index contributed by atoms with van der Waals surface area (Å²) in [6.07, 6.45) is 3.41. The number of hydrogen-bond donors (Lipinski definition) is 2. The molecule has 0 radical (unpaired) electrons. The molecule has 0 saturated heterocycles. The van der Waals surface area contributed by atoms with E-state index in [2.05, 4.69) is 15.3 Å². The lowest BCUT2D eigenvalue weighted by molar-refractivity contribution is 0.472. The maximum Gasteiger partial charge on any atom is 0.147 e. The van der Waals surface area contributed by atoms with E-state index in [9.17, 15) is 9.50 Å². The summed E-state index contributed by atoms with van der Waals surface area (Å²) >= 11 is 1.48. The van der Waals surface area contributed by atoms with E-state index in [-0.39, 0.29) is 17.6 Å². The number of nitrogens with zero attached hydrogens (tertiary/aromatic N) is 2. The van der Waals surface area contributed by atoms with Crippen LogP contribution in [0.1, 0.15) is 16.5 Å². The number of pyridine rings is 1. The summed E-state index contributed by atoms with van der Waals surface area (Å²) in [7, 11) is 0. The van der Waals surface area contributed by atoms with Gasteiger partial charge in [0.15, 0.2) is 0 Å². The summed E-state index contributed by atoms with van der Waals surface area (Å²) in [5.74, 6) is -0.163. The van der Waals surface area contributed by atoms with Crippen LogP contribution in [0.5, 0.6) is 5.75 Å². The van der Waals surface area contributed by atoms with Crippen molar-refractivity contribution in [3.05, 3.63) is 82.7 Å². The minimum Gasteiger partial charge on any atom is -0.505 e. The fourth-order valence-corrected chi connectivity index (χ4v) is 3.45. The Hall–Kier alpha value is -2.99. The van der Waals surface area contributed by atoms with Crippen molar-refractivity contribution in [2.75, 3.05) is 5.32 Å². The molecule has 1 atom stereocenters. The normalized spacial score (nSPS) is 12.2. The van der Waals surface area contributed by atoms with E-state index in [4.69, 9.17) is 0 Å². The second-order valence-electron chi connectivity index (χ2n) is 5.57. The zero-order chi connectivity index (χ0) is 17.2. The Labute approximate surface area is 147 Å². The third kappa shape index (κ3) is 3.04. The van der Waals surface area contributed by atoms with Crippen LogP contribution in [0.2, 0.25) is 0 Å². The number of anilines is 1. The number of phenols is 1. The van der Waals surface area contributed by atoms with E-state index in [0.29, 0.717) is 11.1 Å². The predicted molar refractivity (Wildman–Crippen MR) is 97.4 cm³/mol. The number of halogens is 1. The van der Waals surface area contributed by atoms with Gasteiger partial charge in [-0.25, -0.2) is 4.39 Å². The minimum absolute atomic E-state index is 0.131. The maximum absolute atomic E-state index is 13.2. The van der Waals surface area contributed by atoms with E-state index < -0.39 is 0 Å². The lowest BCUT2D eigenvalue weighted by Crippen LogP contribution is -2.11. The van der Waals surface area contributed by atoms with Crippen LogP contribution in [-0.4, -0.2) is 15.1 Å². The molecule has 124 valence electrons. The van der Waals surface area contributed by atoms with E-state index in [0.717, 1.165) is 16.0 Å². The zero-order valence-electron chi connectivity index (χ0n) is 13.1. The van der Waals surface area contributed by atoms with Crippen LogP contribution in [0.3, 0.4) is 0 Å². The molecule has 4 rings (SSSR count). The second kappa shape index (κ2) is 6.49. The Morgan fingerprint density at radius 3 is 2.68 bits per heavy atom. The van der Waals surface area contributed by atoms with Crippen LogP contribution in [0.25, 0.3) is 10.9 Å². The van der Waals surface area contributed by atoms with Gasteiger partial charge < -0.3 is 10.4 Å². The van der Waals surface area contributed by atoms with Crippen molar-refractivity contribution in [1.82, 2.24) is 9.97 Å². The van der Waals surface area contributed by atoms with E-state index in [1.54, 1.807) is 30.0 Å². The Kier molecular flexibility index (Phi) is 4.03. The number of phenolic OH excluding ortho intramolecular Hbond substituents is 1. The van der Waals surface area contributed by atoms with Crippen molar-refractivity contribution in [2.24, 2.45) is 0 Å². The Balaban J connectivity index is 1.81. The quantitative estimate of drug-likeness (QED) is 0.558. The van der Waals surface area contributed by atoms with Crippen molar-refractivity contribution in [3.8, 4) is 5.75 Å². The van der Waals surface area contributed by atoms with Crippen molar-refractivity contribution < 1.29 is 9.50 Å². The van der Waals surface area contributed by atoms with Crippen molar-refractivity contribution in [2.45, 2.75) is 6.04 Å². The molecular formula is C19H14FN3OS. The highest BCUT2D eigenvalue weighted by Crippen LogP contribution is 2.37. The molecule has 0 amide bonds. The van der Waals surface area contributed by atoms with Crippen molar-refractivity contribution in [3.63, 3.8) is 0 Å². The molecule has 2 heterocycles.